The van der Waals surface area contributed by atoms with E-state index in [1.165, 1.54) is 0 Å². The molecular weight excluding hydrogens is 214 g/mol. The van der Waals surface area contributed by atoms with Crippen LogP contribution in [0.25, 0.3) is 0 Å². The van der Waals surface area contributed by atoms with Crippen molar-refractivity contribution in [3.05, 3.63) is 23.1 Å². The molecule has 0 radical (unpaired) electrons. The van der Waals surface area contributed by atoms with E-state index in [1.807, 2.05) is 0 Å². The van der Waals surface area contributed by atoms with Crippen LogP contribution in [0.4, 0.5) is 17.6 Å². The first kappa shape index (κ1) is 10.0. The van der Waals surface area contributed by atoms with E-state index in [1.54, 1.807) is 0 Å². The van der Waals surface area contributed by atoms with Crippen LogP contribution in [-0.2, 0) is 0 Å². The van der Waals surface area contributed by atoms with Crippen molar-refractivity contribution >= 4 is 11.6 Å². The molecule has 0 N–H and O–H groups in total. The number of hydrogen-bond acceptors (Lipinski definition) is 2. The van der Waals surface area contributed by atoms with Gasteiger partial charge in [-0.2, -0.15) is 9.37 Å². The summed E-state index contributed by atoms with van der Waals surface area (Å²) in [6.45, 7) is 0. The lowest BCUT2D eigenvalue weighted by Crippen LogP contribution is -2.18. The quantitative estimate of drug-likeness (QED) is 0.531. The standard InChI is InChI=1S/C6H2ClF4NO/c7-3-1-2-4(8)12-5(3)13-6(9,10)11/h1-2H. The van der Waals surface area contributed by atoms with E-state index < -0.39 is 23.2 Å². The zero-order valence-corrected chi connectivity index (χ0v) is 6.66. The van der Waals surface area contributed by atoms with E-state index in [2.05, 4.69) is 9.72 Å². The molecule has 0 spiro atoms. The van der Waals surface area contributed by atoms with Crippen molar-refractivity contribution in [3.63, 3.8) is 0 Å². The van der Waals surface area contributed by atoms with Crippen molar-refractivity contribution in [2.24, 2.45) is 0 Å². The molecule has 0 unspecified atom stereocenters. The van der Waals surface area contributed by atoms with Gasteiger partial charge in [0.15, 0.2) is 0 Å². The Morgan fingerprint density at radius 2 is 1.92 bits per heavy atom. The molecule has 72 valence electrons. The summed E-state index contributed by atoms with van der Waals surface area (Å²) in [7, 11) is 0. The summed E-state index contributed by atoms with van der Waals surface area (Å²) >= 11 is 5.25. The minimum atomic E-state index is -4.93. The fourth-order valence-electron chi connectivity index (χ4n) is 0.582. The van der Waals surface area contributed by atoms with Gasteiger partial charge in [0, 0.05) is 0 Å². The normalized spacial score (nSPS) is 11.5. The van der Waals surface area contributed by atoms with Crippen LogP contribution < -0.4 is 4.74 Å². The molecule has 13 heavy (non-hydrogen) atoms. The highest BCUT2D eigenvalue weighted by molar-refractivity contribution is 6.31. The highest BCUT2D eigenvalue weighted by Crippen LogP contribution is 2.27. The van der Waals surface area contributed by atoms with Gasteiger partial charge in [0.2, 0.25) is 11.8 Å². The van der Waals surface area contributed by atoms with Crippen molar-refractivity contribution in [3.8, 4) is 5.88 Å². The monoisotopic (exact) mass is 215 g/mol. The Hall–Kier alpha value is -1.04. The van der Waals surface area contributed by atoms with Gasteiger partial charge in [0.05, 0.1) is 0 Å². The van der Waals surface area contributed by atoms with Gasteiger partial charge in [-0.1, -0.05) is 11.6 Å². The molecule has 0 aliphatic carbocycles. The summed E-state index contributed by atoms with van der Waals surface area (Å²) in [5.41, 5.74) is 0. The average molecular weight is 216 g/mol. The molecule has 1 rings (SSSR count). The van der Waals surface area contributed by atoms with Crippen LogP contribution in [0.3, 0.4) is 0 Å². The largest absolute Gasteiger partial charge is 0.574 e. The molecule has 0 fully saturated rings. The maximum Gasteiger partial charge on any atom is 0.574 e. The van der Waals surface area contributed by atoms with Crippen molar-refractivity contribution in [2.75, 3.05) is 0 Å². The minimum Gasteiger partial charge on any atom is -0.386 e. The molecule has 0 amide bonds. The molecule has 1 aromatic rings. The fourth-order valence-corrected chi connectivity index (χ4v) is 0.726. The smallest absolute Gasteiger partial charge is 0.386 e. The number of pyridine rings is 1. The van der Waals surface area contributed by atoms with E-state index >= 15 is 0 Å². The molecule has 0 saturated heterocycles. The molecule has 0 aliphatic heterocycles. The summed E-state index contributed by atoms with van der Waals surface area (Å²) in [5, 5.41) is -0.404. The molecule has 0 aromatic carbocycles. The van der Waals surface area contributed by atoms with E-state index in [9.17, 15) is 17.6 Å². The number of rotatable bonds is 1. The number of nitrogens with zero attached hydrogens (tertiary/aromatic N) is 1. The third-order valence-electron chi connectivity index (χ3n) is 0.992. The summed E-state index contributed by atoms with van der Waals surface area (Å²) in [4.78, 5) is 2.82. The third-order valence-corrected chi connectivity index (χ3v) is 1.28. The summed E-state index contributed by atoms with van der Waals surface area (Å²) in [5.74, 6) is -2.09. The van der Waals surface area contributed by atoms with Gasteiger partial charge in [0.25, 0.3) is 0 Å². The lowest BCUT2D eigenvalue weighted by molar-refractivity contribution is -0.276. The van der Waals surface area contributed by atoms with Gasteiger partial charge in [0.1, 0.15) is 5.02 Å². The van der Waals surface area contributed by atoms with Crippen LogP contribution >= 0.6 is 11.6 Å². The van der Waals surface area contributed by atoms with Gasteiger partial charge in [-0.3, -0.25) is 0 Å². The highest BCUT2D eigenvalue weighted by Gasteiger charge is 2.32. The molecule has 7 heteroatoms. The first-order valence-electron chi connectivity index (χ1n) is 2.96. The zero-order chi connectivity index (χ0) is 10.1. The Bertz CT molecular complexity index is 314. The number of halogens is 5. The molecule has 0 bridgehead atoms. The van der Waals surface area contributed by atoms with Crippen molar-refractivity contribution in [1.82, 2.24) is 4.98 Å². The number of hydrogen-bond donors (Lipinski definition) is 0. The van der Waals surface area contributed by atoms with Gasteiger partial charge in [-0.05, 0) is 12.1 Å². The molecule has 1 heterocycles. The van der Waals surface area contributed by atoms with Crippen LogP contribution in [0.15, 0.2) is 12.1 Å². The second-order valence-electron chi connectivity index (χ2n) is 1.97. The van der Waals surface area contributed by atoms with Gasteiger partial charge in [-0.25, -0.2) is 0 Å². The Morgan fingerprint density at radius 3 is 2.46 bits per heavy atom. The second kappa shape index (κ2) is 3.37. The lowest BCUT2D eigenvalue weighted by atomic mass is 10.5. The maximum absolute atomic E-state index is 12.3. The SMILES string of the molecule is Fc1ccc(Cl)c(OC(F)(F)F)n1. The molecule has 0 saturated carbocycles. The molecule has 0 atom stereocenters. The Kier molecular flexibility index (Phi) is 2.60. The minimum absolute atomic E-state index is 0.404. The first-order valence-corrected chi connectivity index (χ1v) is 3.34. The van der Waals surface area contributed by atoms with E-state index in [0.29, 0.717) is 0 Å². The van der Waals surface area contributed by atoms with Crippen LogP contribution in [0, 0.1) is 5.95 Å². The molecular formula is C6H2ClF4NO. The van der Waals surface area contributed by atoms with Crippen LogP contribution in [-0.4, -0.2) is 11.3 Å². The van der Waals surface area contributed by atoms with Gasteiger partial charge >= 0.3 is 6.36 Å². The molecule has 2 nitrogen and oxygen atoms in total. The van der Waals surface area contributed by atoms with Crippen molar-refractivity contribution in [1.29, 1.82) is 0 Å². The average Bonchev–Trinajstić information content (AvgIpc) is 1.94. The van der Waals surface area contributed by atoms with Crippen LogP contribution in [0.1, 0.15) is 0 Å². The second-order valence-corrected chi connectivity index (χ2v) is 2.38. The molecule has 0 aliphatic rings. The van der Waals surface area contributed by atoms with Gasteiger partial charge < -0.3 is 4.74 Å². The zero-order valence-electron chi connectivity index (χ0n) is 5.90. The predicted molar refractivity (Wildman–Crippen MR) is 35.9 cm³/mol. The van der Waals surface area contributed by atoms with Crippen molar-refractivity contribution < 1.29 is 22.3 Å². The first-order chi connectivity index (χ1) is 5.88. The fraction of sp³-hybridized carbons (Fsp3) is 0.167. The topological polar surface area (TPSA) is 22.1 Å². The van der Waals surface area contributed by atoms with Crippen LogP contribution in [0.5, 0.6) is 5.88 Å². The third kappa shape index (κ3) is 3.06. The summed E-state index contributed by atoms with van der Waals surface area (Å²) in [6, 6.07) is 1.75. The van der Waals surface area contributed by atoms with E-state index in [4.69, 9.17) is 11.6 Å². The number of alkyl halides is 3. The summed E-state index contributed by atoms with van der Waals surface area (Å²) < 4.78 is 50.5. The Morgan fingerprint density at radius 1 is 1.31 bits per heavy atom. The highest BCUT2D eigenvalue weighted by atomic mass is 35.5. The number of aromatic nitrogens is 1. The maximum atomic E-state index is 12.3. The van der Waals surface area contributed by atoms with Crippen LogP contribution in [0.2, 0.25) is 5.02 Å². The summed E-state index contributed by atoms with van der Waals surface area (Å²) in [6.07, 6.45) is -4.93. The lowest BCUT2D eigenvalue weighted by Gasteiger charge is -2.08. The Labute approximate surface area is 75.1 Å². The van der Waals surface area contributed by atoms with Crippen molar-refractivity contribution in [2.45, 2.75) is 6.36 Å². The number of ether oxygens (including phenoxy) is 1. The van der Waals surface area contributed by atoms with Gasteiger partial charge in [-0.15, -0.1) is 13.2 Å². The molecule has 1 aromatic heterocycles. The predicted octanol–water partition coefficient (Wildman–Crippen LogP) is 2.77. The van der Waals surface area contributed by atoms with E-state index in [-0.39, 0.29) is 0 Å². The van der Waals surface area contributed by atoms with E-state index in [0.717, 1.165) is 12.1 Å². The Balaban J connectivity index is 2.94.